The molecule has 5 nitrogen and oxygen atoms in total. The molecule has 0 atom stereocenters. The number of para-hydroxylation sites is 1. The lowest BCUT2D eigenvalue weighted by molar-refractivity contribution is -0.131. The van der Waals surface area contributed by atoms with E-state index in [4.69, 9.17) is 16.9 Å². The van der Waals surface area contributed by atoms with E-state index < -0.39 is 0 Å². The van der Waals surface area contributed by atoms with Crippen LogP contribution in [0.1, 0.15) is 5.56 Å². The van der Waals surface area contributed by atoms with E-state index >= 15 is 0 Å². The molecule has 1 aromatic rings. The van der Waals surface area contributed by atoms with E-state index in [1.807, 2.05) is 6.07 Å². The van der Waals surface area contributed by atoms with Gasteiger partial charge in [-0.2, -0.15) is 5.26 Å². The molecule has 1 aromatic carbocycles. The lowest BCUT2D eigenvalue weighted by Crippen LogP contribution is -2.35. The van der Waals surface area contributed by atoms with Crippen molar-refractivity contribution < 1.29 is 9.59 Å². The first kappa shape index (κ1) is 14.0. The Morgan fingerprint density at radius 1 is 1.44 bits per heavy atom. The number of anilines is 1. The zero-order chi connectivity index (χ0) is 13.5. The van der Waals surface area contributed by atoms with Crippen molar-refractivity contribution in [3.05, 3.63) is 29.8 Å². The monoisotopic (exact) mass is 265 g/mol. The second-order valence-corrected chi connectivity index (χ2v) is 3.86. The summed E-state index contributed by atoms with van der Waals surface area (Å²) in [5.74, 6) is -0.877. The minimum Gasteiger partial charge on any atom is -0.335 e. The van der Waals surface area contributed by atoms with Gasteiger partial charge in [0.1, 0.15) is 11.9 Å². The van der Waals surface area contributed by atoms with Crippen LogP contribution in [-0.2, 0) is 9.59 Å². The molecule has 0 aliphatic heterocycles. The first-order chi connectivity index (χ1) is 8.58. The van der Waals surface area contributed by atoms with Crippen molar-refractivity contribution in [3.8, 4) is 6.07 Å². The molecule has 0 aromatic heterocycles. The Balaban J connectivity index is 2.66. The Hall–Kier alpha value is -2.06. The van der Waals surface area contributed by atoms with Gasteiger partial charge in [0.2, 0.25) is 11.8 Å². The first-order valence-electron chi connectivity index (χ1n) is 5.17. The molecule has 1 rings (SSSR count). The minimum atomic E-state index is -0.376. The molecule has 0 bridgehead atoms. The highest BCUT2D eigenvalue weighted by Crippen LogP contribution is 2.13. The van der Waals surface area contributed by atoms with Gasteiger partial charge in [-0.3, -0.25) is 9.59 Å². The van der Waals surface area contributed by atoms with E-state index in [9.17, 15) is 9.59 Å². The lowest BCUT2D eigenvalue weighted by Gasteiger charge is -2.15. The second-order valence-electron chi connectivity index (χ2n) is 3.59. The third-order valence-corrected chi connectivity index (χ3v) is 2.47. The molecule has 2 amide bonds. The maximum absolute atomic E-state index is 11.7. The highest BCUT2D eigenvalue weighted by atomic mass is 35.5. The average molecular weight is 266 g/mol. The lowest BCUT2D eigenvalue weighted by atomic mass is 10.2. The van der Waals surface area contributed by atoms with Crippen molar-refractivity contribution in [1.82, 2.24) is 4.90 Å². The Kier molecular flexibility index (Phi) is 5.15. The number of nitrogens with zero attached hydrogens (tertiary/aromatic N) is 2. The zero-order valence-electron chi connectivity index (χ0n) is 9.81. The second kappa shape index (κ2) is 6.62. The van der Waals surface area contributed by atoms with Crippen LogP contribution < -0.4 is 5.32 Å². The van der Waals surface area contributed by atoms with Gasteiger partial charge in [0.05, 0.1) is 17.8 Å². The number of carbonyl (C=O) groups is 2. The minimum absolute atomic E-state index is 0.106. The van der Waals surface area contributed by atoms with Gasteiger partial charge in [-0.15, -0.1) is 11.6 Å². The molecule has 6 heteroatoms. The topological polar surface area (TPSA) is 73.2 Å². The molecule has 0 saturated carbocycles. The zero-order valence-corrected chi connectivity index (χ0v) is 10.6. The van der Waals surface area contributed by atoms with Gasteiger partial charge in [0, 0.05) is 7.05 Å². The van der Waals surface area contributed by atoms with Gasteiger partial charge in [-0.25, -0.2) is 0 Å². The van der Waals surface area contributed by atoms with E-state index in [0.717, 1.165) is 0 Å². The number of hydrogen-bond acceptors (Lipinski definition) is 3. The molecule has 0 heterocycles. The molecular weight excluding hydrogens is 254 g/mol. The van der Waals surface area contributed by atoms with Crippen LogP contribution in [-0.4, -0.2) is 36.2 Å². The molecule has 1 N–H and O–H groups in total. The first-order valence-corrected chi connectivity index (χ1v) is 5.71. The van der Waals surface area contributed by atoms with Crippen LogP contribution in [0.15, 0.2) is 24.3 Å². The molecule has 0 aliphatic carbocycles. The van der Waals surface area contributed by atoms with Gasteiger partial charge in [0.25, 0.3) is 0 Å². The van der Waals surface area contributed by atoms with Crippen molar-refractivity contribution in [2.24, 2.45) is 0 Å². The smallest absolute Gasteiger partial charge is 0.244 e. The van der Waals surface area contributed by atoms with Crippen LogP contribution in [0.3, 0.4) is 0 Å². The number of likely N-dealkylation sites (N-methyl/N-ethyl adjacent to an activating group) is 1. The summed E-state index contributed by atoms with van der Waals surface area (Å²) in [5.41, 5.74) is 0.800. The van der Waals surface area contributed by atoms with Crippen LogP contribution in [0.5, 0.6) is 0 Å². The number of nitrogens with one attached hydrogen (secondary N) is 1. The van der Waals surface area contributed by atoms with Crippen molar-refractivity contribution in [2.75, 3.05) is 24.8 Å². The largest absolute Gasteiger partial charge is 0.335 e. The summed E-state index contributed by atoms with van der Waals surface area (Å²) in [6.07, 6.45) is 0. The SMILES string of the molecule is CN(CC(=O)Nc1ccccc1C#N)C(=O)CCl. The third-order valence-electron chi connectivity index (χ3n) is 2.24. The van der Waals surface area contributed by atoms with Crippen LogP contribution in [0.25, 0.3) is 0 Å². The van der Waals surface area contributed by atoms with Crippen molar-refractivity contribution >= 4 is 29.1 Å². The molecule has 94 valence electrons. The van der Waals surface area contributed by atoms with Gasteiger partial charge in [-0.05, 0) is 12.1 Å². The van der Waals surface area contributed by atoms with Gasteiger partial charge in [-0.1, -0.05) is 12.1 Å². The molecule has 0 spiro atoms. The van der Waals surface area contributed by atoms with Crippen LogP contribution in [0.4, 0.5) is 5.69 Å². The van der Waals surface area contributed by atoms with Gasteiger partial charge < -0.3 is 10.2 Å². The molecule has 0 fully saturated rings. The Morgan fingerprint density at radius 2 is 2.11 bits per heavy atom. The summed E-state index contributed by atoms with van der Waals surface area (Å²) in [7, 11) is 1.49. The number of nitriles is 1. The Bertz CT molecular complexity index is 496. The standard InChI is InChI=1S/C12H12ClN3O2/c1-16(12(18)6-13)8-11(17)15-10-5-3-2-4-9(10)7-14/h2-5H,6,8H2,1H3,(H,15,17). The predicted molar refractivity (Wildman–Crippen MR) is 68.1 cm³/mol. The highest BCUT2D eigenvalue weighted by Gasteiger charge is 2.12. The fourth-order valence-electron chi connectivity index (χ4n) is 1.28. The van der Waals surface area contributed by atoms with E-state index in [0.29, 0.717) is 11.3 Å². The summed E-state index contributed by atoms with van der Waals surface area (Å²) in [4.78, 5) is 24.1. The summed E-state index contributed by atoms with van der Waals surface area (Å²) < 4.78 is 0. The van der Waals surface area contributed by atoms with Gasteiger partial charge in [0.15, 0.2) is 0 Å². The Labute approximate surface area is 110 Å². The molecule has 18 heavy (non-hydrogen) atoms. The normalized spacial score (nSPS) is 9.39. The quantitative estimate of drug-likeness (QED) is 0.831. The number of amides is 2. The highest BCUT2D eigenvalue weighted by molar-refractivity contribution is 6.27. The van der Waals surface area contributed by atoms with Crippen LogP contribution in [0.2, 0.25) is 0 Å². The van der Waals surface area contributed by atoms with Crippen LogP contribution >= 0.6 is 11.6 Å². The van der Waals surface area contributed by atoms with E-state index in [-0.39, 0.29) is 24.2 Å². The third kappa shape index (κ3) is 3.75. The van der Waals surface area contributed by atoms with E-state index in [1.165, 1.54) is 11.9 Å². The van der Waals surface area contributed by atoms with Crippen molar-refractivity contribution in [3.63, 3.8) is 0 Å². The maximum Gasteiger partial charge on any atom is 0.244 e. The number of hydrogen-bond donors (Lipinski definition) is 1. The molecule has 0 aliphatic rings. The number of alkyl halides is 1. The van der Waals surface area contributed by atoms with Crippen molar-refractivity contribution in [1.29, 1.82) is 5.26 Å². The molecular formula is C12H12ClN3O2. The summed E-state index contributed by atoms with van der Waals surface area (Å²) in [5, 5.41) is 11.4. The van der Waals surface area contributed by atoms with Crippen LogP contribution in [0, 0.1) is 11.3 Å². The summed E-state index contributed by atoms with van der Waals surface area (Å²) in [6, 6.07) is 8.62. The number of benzene rings is 1. The molecule has 0 radical (unpaired) electrons. The number of carbonyl (C=O) groups excluding carboxylic acids is 2. The fraction of sp³-hybridized carbons (Fsp3) is 0.250. The van der Waals surface area contributed by atoms with E-state index in [1.54, 1.807) is 24.3 Å². The summed E-state index contributed by atoms with van der Waals surface area (Å²) >= 11 is 5.37. The van der Waals surface area contributed by atoms with E-state index in [2.05, 4.69) is 5.32 Å². The maximum atomic E-state index is 11.7. The fourth-order valence-corrected chi connectivity index (χ4v) is 1.49. The average Bonchev–Trinajstić information content (AvgIpc) is 2.38. The Morgan fingerprint density at radius 3 is 2.72 bits per heavy atom. The number of halogens is 1. The van der Waals surface area contributed by atoms with Gasteiger partial charge >= 0.3 is 0 Å². The predicted octanol–water partition coefficient (Wildman–Crippen LogP) is 1.19. The summed E-state index contributed by atoms with van der Waals surface area (Å²) in [6.45, 7) is -0.106. The van der Waals surface area contributed by atoms with Crippen molar-refractivity contribution in [2.45, 2.75) is 0 Å². The number of rotatable bonds is 4. The molecule has 0 saturated heterocycles. The molecule has 0 unspecified atom stereocenters.